The maximum absolute atomic E-state index is 8.65. The molecule has 16 heavy (non-hydrogen) atoms. The fourth-order valence-electron chi connectivity index (χ4n) is 1.34. The van der Waals surface area contributed by atoms with Crippen LogP contribution in [0.15, 0.2) is 6.07 Å². The molecule has 0 bridgehead atoms. The highest BCUT2D eigenvalue weighted by Crippen LogP contribution is 2.16. The Morgan fingerprint density at radius 2 is 2.25 bits per heavy atom. The molecule has 0 aliphatic carbocycles. The summed E-state index contributed by atoms with van der Waals surface area (Å²) in [7, 11) is 1.91. The number of rotatable bonds is 4. The number of nitriles is 1. The molecule has 1 aromatic rings. The molecule has 0 radical (unpaired) electrons. The summed E-state index contributed by atoms with van der Waals surface area (Å²) in [5, 5.41) is 8.65. The molecule has 0 aliphatic rings. The lowest BCUT2D eigenvalue weighted by molar-refractivity contribution is 0.690. The van der Waals surface area contributed by atoms with Gasteiger partial charge in [-0.1, -0.05) is 6.92 Å². The van der Waals surface area contributed by atoms with E-state index in [1.807, 2.05) is 25.8 Å². The fraction of sp³-hybridized carbons (Fsp3) is 0.545. The summed E-state index contributed by atoms with van der Waals surface area (Å²) in [6.07, 6.45) is 1.21. The van der Waals surface area contributed by atoms with Crippen molar-refractivity contribution in [3.63, 3.8) is 0 Å². The van der Waals surface area contributed by atoms with E-state index in [9.17, 15) is 0 Å². The zero-order valence-electron chi connectivity index (χ0n) is 9.94. The summed E-state index contributed by atoms with van der Waals surface area (Å²) < 4.78 is 0. The SMILES string of the molecule is CCc1nc(N)cc(N(C)C(C)CC#N)n1. The fourth-order valence-corrected chi connectivity index (χ4v) is 1.34. The summed E-state index contributed by atoms with van der Waals surface area (Å²) in [6.45, 7) is 3.96. The molecule has 1 atom stereocenters. The molecule has 0 fully saturated rings. The van der Waals surface area contributed by atoms with Gasteiger partial charge >= 0.3 is 0 Å². The van der Waals surface area contributed by atoms with E-state index >= 15 is 0 Å². The molecule has 1 unspecified atom stereocenters. The summed E-state index contributed by atoms with van der Waals surface area (Å²) in [6, 6.07) is 3.99. The molecule has 5 nitrogen and oxygen atoms in total. The minimum Gasteiger partial charge on any atom is -0.384 e. The topological polar surface area (TPSA) is 78.8 Å². The molecule has 1 heterocycles. The average molecular weight is 219 g/mol. The van der Waals surface area contributed by atoms with Crippen LogP contribution < -0.4 is 10.6 Å². The van der Waals surface area contributed by atoms with Crippen molar-refractivity contribution in [1.82, 2.24) is 9.97 Å². The predicted octanol–water partition coefficient (Wildman–Crippen LogP) is 1.36. The summed E-state index contributed by atoms with van der Waals surface area (Å²) in [4.78, 5) is 10.4. The molecule has 0 aliphatic heterocycles. The largest absolute Gasteiger partial charge is 0.384 e. The Morgan fingerprint density at radius 1 is 1.56 bits per heavy atom. The average Bonchev–Trinajstić information content (AvgIpc) is 2.27. The van der Waals surface area contributed by atoms with Gasteiger partial charge in [0.25, 0.3) is 0 Å². The zero-order valence-corrected chi connectivity index (χ0v) is 9.94. The first-order valence-corrected chi connectivity index (χ1v) is 5.31. The second-order valence-electron chi connectivity index (χ2n) is 3.74. The highest BCUT2D eigenvalue weighted by Gasteiger charge is 2.12. The Morgan fingerprint density at radius 3 is 2.81 bits per heavy atom. The molecule has 0 saturated carbocycles. The molecule has 0 saturated heterocycles. The van der Waals surface area contributed by atoms with Gasteiger partial charge in [-0.25, -0.2) is 9.97 Å². The number of anilines is 2. The summed E-state index contributed by atoms with van der Waals surface area (Å²) in [5.41, 5.74) is 5.70. The van der Waals surface area contributed by atoms with Crippen LogP contribution in [0.1, 0.15) is 26.1 Å². The van der Waals surface area contributed by atoms with Crippen molar-refractivity contribution >= 4 is 11.6 Å². The number of nitrogens with two attached hydrogens (primary N) is 1. The Kier molecular flexibility index (Phi) is 4.06. The van der Waals surface area contributed by atoms with Gasteiger partial charge in [0.05, 0.1) is 12.5 Å². The number of hydrogen-bond donors (Lipinski definition) is 1. The maximum atomic E-state index is 8.65. The first kappa shape index (κ1) is 12.2. The van der Waals surface area contributed by atoms with Gasteiger partial charge in [0.1, 0.15) is 17.5 Å². The van der Waals surface area contributed by atoms with Crippen LogP contribution in [0.4, 0.5) is 11.6 Å². The van der Waals surface area contributed by atoms with Crippen molar-refractivity contribution in [2.75, 3.05) is 17.7 Å². The van der Waals surface area contributed by atoms with Crippen molar-refractivity contribution in [3.05, 3.63) is 11.9 Å². The van der Waals surface area contributed by atoms with Crippen LogP contribution in [0.3, 0.4) is 0 Å². The van der Waals surface area contributed by atoms with Crippen LogP contribution in [0.25, 0.3) is 0 Å². The molecule has 5 heteroatoms. The van der Waals surface area contributed by atoms with Gasteiger partial charge in [0.15, 0.2) is 0 Å². The van der Waals surface area contributed by atoms with Crippen LogP contribution in [0.5, 0.6) is 0 Å². The number of hydrogen-bond acceptors (Lipinski definition) is 5. The highest BCUT2D eigenvalue weighted by atomic mass is 15.2. The second-order valence-corrected chi connectivity index (χ2v) is 3.74. The van der Waals surface area contributed by atoms with Crippen LogP contribution in [0, 0.1) is 11.3 Å². The third-order valence-corrected chi connectivity index (χ3v) is 2.50. The van der Waals surface area contributed by atoms with Gasteiger partial charge in [-0.05, 0) is 6.92 Å². The van der Waals surface area contributed by atoms with Crippen LogP contribution in [-0.2, 0) is 6.42 Å². The van der Waals surface area contributed by atoms with Crippen molar-refractivity contribution in [1.29, 1.82) is 5.26 Å². The number of aromatic nitrogens is 2. The third-order valence-electron chi connectivity index (χ3n) is 2.50. The molecular weight excluding hydrogens is 202 g/mol. The van der Waals surface area contributed by atoms with E-state index in [0.29, 0.717) is 12.2 Å². The first-order chi connectivity index (χ1) is 7.58. The molecule has 0 spiro atoms. The van der Waals surface area contributed by atoms with Crippen molar-refractivity contribution in [2.45, 2.75) is 32.7 Å². The van der Waals surface area contributed by atoms with Crippen LogP contribution in [-0.4, -0.2) is 23.1 Å². The molecule has 2 N–H and O–H groups in total. The molecular formula is C11H17N5. The molecule has 1 aromatic heterocycles. The zero-order chi connectivity index (χ0) is 12.1. The van der Waals surface area contributed by atoms with Gasteiger partial charge in [0.2, 0.25) is 0 Å². The number of aryl methyl sites for hydroxylation is 1. The summed E-state index contributed by atoms with van der Waals surface area (Å²) >= 11 is 0. The normalized spacial score (nSPS) is 11.9. The Hall–Kier alpha value is -1.83. The van der Waals surface area contributed by atoms with Gasteiger partial charge in [-0.2, -0.15) is 5.26 Å². The van der Waals surface area contributed by atoms with Gasteiger partial charge in [-0.15, -0.1) is 0 Å². The molecule has 1 rings (SSSR count). The smallest absolute Gasteiger partial charge is 0.134 e. The monoisotopic (exact) mass is 219 g/mol. The van der Waals surface area contributed by atoms with Gasteiger partial charge in [-0.3, -0.25) is 0 Å². The van der Waals surface area contributed by atoms with E-state index in [-0.39, 0.29) is 6.04 Å². The predicted molar refractivity (Wildman–Crippen MR) is 63.9 cm³/mol. The standard InChI is InChI=1S/C11H17N5/c1-4-10-14-9(13)7-11(15-10)16(3)8(2)5-6-12/h7-8H,4-5H2,1-3H3,(H2,13,14,15). The van der Waals surface area contributed by atoms with E-state index < -0.39 is 0 Å². The Labute approximate surface area is 95.9 Å². The quantitative estimate of drug-likeness (QED) is 0.827. The van der Waals surface area contributed by atoms with Gasteiger partial charge in [0, 0.05) is 25.6 Å². The number of nitrogens with zero attached hydrogens (tertiary/aromatic N) is 4. The highest BCUT2D eigenvalue weighted by molar-refractivity contribution is 5.47. The molecule has 0 amide bonds. The minimum absolute atomic E-state index is 0.115. The maximum Gasteiger partial charge on any atom is 0.134 e. The summed E-state index contributed by atoms with van der Waals surface area (Å²) in [5.74, 6) is 1.97. The Bertz CT molecular complexity index is 396. The molecule has 86 valence electrons. The van der Waals surface area contributed by atoms with E-state index in [2.05, 4.69) is 16.0 Å². The van der Waals surface area contributed by atoms with Crippen molar-refractivity contribution in [2.24, 2.45) is 0 Å². The van der Waals surface area contributed by atoms with E-state index in [1.54, 1.807) is 6.07 Å². The van der Waals surface area contributed by atoms with E-state index in [1.165, 1.54) is 0 Å². The lowest BCUT2D eigenvalue weighted by atomic mass is 10.2. The lowest BCUT2D eigenvalue weighted by Crippen LogP contribution is -2.29. The van der Waals surface area contributed by atoms with Crippen molar-refractivity contribution in [3.8, 4) is 6.07 Å². The Balaban J connectivity index is 2.95. The van der Waals surface area contributed by atoms with Crippen LogP contribution >= 0.6 is 0 Å². The van der Waals surface area contributed by atoms with Crippen LogP contribution in [0.2, 0.25) is 0 Å². The van der Waals surface area contributed by atoms with E-state index in [0.717, 1.165) is 18.1 Å². The lowest BCUT2D eigenvalue weighted by Gasteiger charge is -2.24. The third kappa shape index (κ3) is 2.83. The van der Waals surface area contributed by atoms with Crippen molar-refractivity contribution < 1.29 is 0 Å². The second kappa shape index (κ2) is 5.31. The first-order valence-electron chi connectivity index (χ1n) is 5.31. The minimum atomic E-state index is 0.115. The number of nitrogen functional groups attached to an aromatic ring is 1. The molecule has 0 aromatic carbocycles. The van der Waals surface area contributed by atoms with E-state index in [4.69, 9.17) is 11.0 Å². The van der Waals surface area contributed by atoms with Gasteiger partial charge < -0.3 is 10.6 Å².